The number of phenols is 1. The SMILES string of the molecule is CC(=O)NC(c1ccccc1)c1ccccc1O. The van der Waals surface area contributed by atoms with Gasteiger partial charge >= 0.3 is 0 Å². The van der Waals surface area contributed by atoms with E-state index < -0.39 is 0 Å². The number of amides is 1. The molecule has 0 bridgehead atoms. The van der Waals surface area contributed by atoms with E-state index in [4.69, 9.17) is 0 Å². The summed E-state index contributed by atoms with van der Waals surface area (Å²) in [6.45, 7) is 1.47. The van der Waals surface area contributed by atoms with Crippen molar-refractivity contribution in [3.8, 4) is 5.75 Å². The Morgan fingerprint density at radius 2 is 1.67 bits per heavy atom. The normalized spacial score (nSPS) is 11.8. The first kappa shape index (κ1) is 12.2. The first-order chi connectivity index (χ1) is 8.68. The number of carbonyl (C=O) groups is 1. The molecule has 18 heavy (non-hydrogen) atoms. The molecular formula is C15H15NO2. The van der Waals surface area contributed by atoms with Crippen LogP contribution in [0.1, 0.15) is 24.1 Å². The van der Waals surface area contributed by atoms with Gasteiger partial charge in [-0.3, -0.25) is 4.79 Å². The predicted octanol–water partition coefficient (Wildman–Crippen LogP) is 2.62. The highest BCUT2D eigenvalue weighted by Crippen LogP contribution is 2.28. The molecule has 2 rings (SSSR count). The van der Waals surface area contributed by atoms with Crippen molar-refractivity contribution in [3.63, 3.8) is 0 Å². The van der Waals surface area contributed by atoms with E-state index >= 15 is 0 Å². The summed E-state index contributed by atoms with van der Waals surface area (Å²) in [6, 6.07) is 16.3. The minimum atomic E-state index is -0.329. The lowest BCUT2D eigenvalue weighted by molar-refractivity contribution is -0.119. The molecule has 0 heterocycles. The molecule has 2 aromatic rings. The van der Waals surface area contributed by atoms with Gasteiger partial charge in [-0.15, -0.1) is 0 Å². The number of hydrogen-bond donors (Lipinski definition) is 2. The van der Waals surface area contributed by atoms with E-state index in [1.807, 2.05) is 42.5 Å². The first-order valence-electron chi connectivity index (χ1n) is 5.78. The van der Waals surface area contributed by atoms with Crippen LogP contribution in [0, 0.1) is 0 Å². The molecule has 92 valence electrons. The van der Waals surface area contributed by atoms with E-state index in [9.17, 15) is 9.90 Å². The van der Waals surface area contributed by atoms with E-state index in [0.717, 1.165) is 5.56 Å². The number of para-hydroxylation sites is 1. The summed E-state index contributed by atoms with van der Waals surface area (Å²) in [5.74, 6) is 0.0483. The second kappa shape index (κ2) is 5.36. The fourth-order valence-corrected chi connectivity index (χ4v) is 1.92. The van der Waals surface area contributed by atoms with Gasteiger partial charge in [0.25, 0.3) is 0 Å². The van der Waals surface area contributed by atoms with Crippen LogP contribution in [0.2, 0.25) is 0 Å². The van der Waals surface area contributed by atoms with Crippen molar-refractivity contribution in [3.05, 3.63) is 65.7 Å². The van der Waals surface area contributed by atoms with Crippen molar-refractivity contribution in [2.45, 2.75) is 13.0 Å². The van der Waals surface area contributed by atoms with Crippen LogP contribution in [0.4, 0.5) is 0 Å². The molecule has 0 spiro atoms. The molecule has 0 fully saturated rings. The minimum absolute atomic E-state index is 0.132. The second-order valence-electron chi connectivity index (χ2n) is 4.10. The molecule has 0 aliphatic carbocycles. The quantitative estimate of drug-likeness (QED) is 0.867. The Kier molecular flexibility index (Phi) is 3.63. The lowest BCUT2D eigenvalue weighted by atomic mass is 9.98. The largest absolute Gasteiger partial charge is 0.508 e. The van der Waals surface area contributed by atoms with Gasteiger partial charge in [0.1, 0.15) is 5.75 Å². The van der Waals surface area contributed by atoms with Crippen molar-refractivity contribution < 1.29 is 9.90 Å². The Labute approximate surface area is 106 Å². The summed E-state index contributed by atoms with van der Waals surface area (Å²) in [4.78, 5) is 11.3. The molecule has 2 aromatic carbocycles. The van der Waals surface area contributed by atoms with E-state index in [1.54, 1.807) is 12.1 Å². The standard InChI is InChI=1S/C15H15NO2/c1-11(17)16-15(12-7-3-2-4-8-12)13-9-5-6-10-14(13)18/h2-10,15,18H,1H3,(H,16,17). The van der Waals surface area contributed by atoms with Gasteiger partial charge in [-0.25, -0.2) is 0 Å². The van der Waals surface area contributed by atoms with Crippen LogP contribution in [-0.2, 0) is 4.79 Å². The van der Waals surface area contributed by atoms with Gasteiger partial charge in [0.15, 0.2) is 0 Å². The van der Waals surface area contributed by atoms with Crippen molar-refractivity contribution in [2.24, 2.45) is 0 Å². The zero-order valence-electron chi connectivity index (χ0n) is 10.1. The topological polar surface area (TPSA) is 49.3 Å². The third-order valence-electron chi connectivity index (χ3n) is 2.73. The first-order valence-corrected chi connectivity index (χ1v) is 5.78. The molecule has 2 N–H and O–H groups in total. The smallest absolute Gasteiger partial charge is 0.217 e. The van der Waals surface area contributed by atoms with Gasteiger partial charge in [-0.1, -0.05) is 48.5 Å². The average Bonchev–Trinajstić information content (AvgIpc) is 2.38. The number of carbonyl (C=O) groups excluding carboxylic acids is 1. The molecule has 1 atom stereocenters. The molecule has 1 amide bonds. The van der Waals surface area contributed by atoms with E-state index in [0.29, 0.717) is 5.56 Å². The summed E-state index contributed by atoms with van der Waals surface area (Å²) < 4.78 is 0. The molecule has 0 aliphatic rings. The van der Waals surface area contributed by atoms with Crippen LogP contribution >= 0.6 is 0 Å². The number of benzene rings is 2. The number of rotatable bonds is 3. The zero-order valence-corrected chi connectivity index (χ0v) is 10.1. The summed E-state index contributed by atoms with van der Waals surface area (Å²) >= 11 is 0. The molecule has 0 saturated heterocycles. The van der Waals surface area contributed by atoms with Crippen LogP contribution < -0.4 is 5.32 Å². The summed E-state index contributed by atoms with van der Waals surface area (Å²) in [5, 5.41) is 12.8. The molecule has 0 aliphatic heterocycles. The van der Waals surface area contributed by atoms with Gasteiger partial charge in [0.2, 0.25) is 5.91 Å². The lowest BCUT2D eigenvalue weighted by Crippen LogP contribution is -2.26. The van der Waals surface area contributed by atoms with Crippen LogP contribution in [-0.4, -0.2) is 11.0 Å². The Balaban J connectivity index is 2.44. The Morgan fingerprint density at radius 3 is 2.28 bits per heavy atom. The van der Waals surface area contributed by atoms with Crippen molar-refractivity contribution >= 4 is 5.91 Å². The third-order valence-corrected chi connectivity index (χ3v) is 2.73. The fourth-order valence-electron chi connectivity index (χ4n) is 1.92. The van der Waals surface area contributed by atoms with Crippen LogP contribution in [0.3, 0.4) is 0 Å². The van der Waals surface area contributed by atoms with Crippen LogP contribution in [0.25, 0.3) is 0 Å². The monoisotopic (exact) mass is 241 g/mol. The minimum Gasteiger partial charge on any atom is -0.508 e. The molecule has 3 nitrogen and oxygen atoms in total. The maximum Gasteiger partial charge on any atom is 0.217 e. The van der Waals surface area contributed by atoms with E-state index in [-0.39, 0.29) is 17.7 Å². The highest BCUT2D eigenvalue weighted by molar-refractivity contribution is 5.74. The Bertz CT molecular complexity index is 537. The molecule has 1 unspecified atom stereocenters. The average molecular weight is 241 g/mol. The maximum absolute atomic E-state index is 11.3. The Hall–Kier alpha value is -2.29. The summed E-state index contributed by atoms with van der Waals surface area (Å²) in [6.07, 6.45) is 0. The maximum atomic E-state index is 11.3. The molecular weight excluding hydrogens is 226 g/mol. The molecule has 0 saturated carbocycles. The third kappa shape index (κ3) is 2.69. The molecule has 0 aromatic heterocycles. The van der Waals surface area contributed by atoms with Crippen molar-refractivity contribution in [1.82, 2.24) is 5.32 Å². The van der Waals surface area contributed by atoms with Crippen LogP contribution in [0.15, 0.2) is 54.6 Å². The highest BCUT2D eigenvalue weighted by atomic mass is 16.3. The number of aromatic hydroxyl groups is 1. The molecule has 0 radical (unpaired) electrons. The second-order valence-corrected chi connectivity index (χ2v) is 4.10. The van der Waals surface area contributed by atoms with Gasteiger partial charge < -0.3 is 10.4 Å². The Morgan fingerprint density at radius 1 is 1.06 bits per heavy atom. The van der Waals surface area contributed by atoms with Gasteiger partial charge in [-0.2, -0.15) is 0 Å². The number of nitrogens with one attached hydrogen (secondary N) is 1. The molecule has 3 heteroatoms. The van der Waals surface area contributed by atoms with Crippen molar-refractivity contribution in [2.75, 3.05) is 0 Å². The predicted molar refractivity (Wildman–Crippen MR) is 70.2 cm³/mol. The highest BCUT2D eigenvalue weighted by Gasteiger charge is 2.17. The van der Waals surface area contributed by atoms with E-state index in [2.05, 4.69) is 5.32 Å². The summed E-state index contributed by atoms with van der Waals surface area (Å²) in [7, 11) is 0. The zero-order chi connectivity index (χ0) is 13.0. The van der Waals surface area contributed by atoms with Gasteiger partial charge in [0, 0.05) is 12.5 Å². The van der Waals surface area contributed by atoms with Gasteiger partial charge in [-0.05, 0) is 11.6 Å². The number of phenolic OH excluding ortho intramolecular Hbond substituents is 1. The number of hydrogen-bond acceptors (Lipinski definition) is 2. The fraction of sp³-hybridized carbons (Fsp3) is 0.133. The lowest BCUT2D eigenvalue weighted by Gasteiger charge is -2.19. The van der Waals surface area contributed by atoms with Crippen LogP contribution in [0.5, 0.6) is 5.75 Å². The summed E-state index contributed by atoms with van der Waals surface area (Å²) in [5.41, 5.74) is 1.63. The van der Waals surface area contributed by atoms with E-state index in [1.165, 1.54) is 6.92 Å². The van der Waals surface area contributed by atoms with Crippen molar-refractivity contribution in [1.29, 1.82) is 0 Å². The van der Waals surface area contributed by atoms with Gasteiger partial charge in [0.05, 0.1) is 6.04 Å².